The molecule has 0 aromatic heterocycles. The fourth-order valence-electron chi connectivity index (χ4n) is 1.64. The molecule has 1 aliphatic heterocycles. The standard InChI is InChI=1S/C10H13N3O4S2/c1-7-11-9-5-4-8(19(16,17)13(2)3)6-10(9)18(14,15)12-7/h4-6H,1-3H3,(H,11,12). The van der Waals surface area contributed by atoms with Crippen molar-refractivity contribution in [3.8, 4) is 0 Å². The predicted molar refractivity (Wildman–Crippen MR) is 71.2 cm³/mol. The van der Waals surface area contributed by atoms with Crippen LogP contribution >= 0.6 is 0 Å². The van der Waals surface area contributed by atoms with Crippen molar-refractivity contribution in [3.63, 3.8) is 0 Å². The van der Waals surface area contributed by atoms with Crippen molar-refractivity contribution in [2.75, 3.05) is 19.4 Å². The van der Waals surface area contributed by atoms with E-state index in [2.05, 4.69) is 9.71 Å². The highest BCUT2D eigenvalue weighted by Crippen LogP contribution is 2.30. The molecule has 2 rings (SSSR count). The lowest BCUT2D eigenvalue weighted by atomic mass is 10.3. The van der Waals surface area contributed by atoms with Crippen LogP contribution in [0.15, 0.2) is 32.4 Å². The lowest BCUT2D eigenvalue weighted by molar-refractivity contribution is 0.520. The summed E-state index contributed by atoms with van der Waals surface area (Å²) < 4.78 is 52.2. The number of fused-ring (bicyclic) bond motifs is 1. The van der Waals surface area contributed by atoms with E-state index in [0.717, 1.165) is 10.4 Å². The number of nitrogens with one attached hydrogen (secondary N) is 1. The van der Waals surface area contributed by atoms with Gasteiger partial charge in [0.05, 0.1) is 10.6 Å². The Balaban J connectivity index is 2.67. The summed E-state index contributed by atoms with van der Waals surface area (Å²) in [6.07, 6.45) is 0. The number of anilines is 1. The van der Waals surface area contributed by atoms with E-state index in [9.17, 15) is 16.8 Å². The Morgan fingerprint density at radius 2 is 1.89 bits per heavy atom. The smallest absolute Gasteiger partial charge is 0.286 e. The van der Waals surface area contributed by atoms with E-state index in [1.165, 1.54) is 33.2 Å². The molecule has 0 amide bonds. The predicted octanol–water partition coefficient (Wildman–Crippen LogP) is 0.470. The van der Waals surface area contributed by atoms with E-state index in [0.29, 0.717) is 5.69 Å². The van der Waals surface area contributed by atoms with Crippen LogP contribution in [0, 0.1) is 0 Å². The molecule has 1 aromatic rings. The lowest BCUT2D eigenvalue weighted by Gasteiger charge is -2.18. The van der Waals surface area contributed by atoms with E-state index in [1.54, 1.807) is 0 Å². The number of amidine groups is 1. The summed E-state index contributed by atoms with van der Waals surface area (Å²) in [5.74, 6) is 0.246. The first-order valence-corrected chi connectivity index (χ1v) is 8.18. The van der Waals surface area contributed by atoms with Crippen LogP contribution in [-0.4, -0.2) is 41.1 Å². The van der Waals surface area contributed by atoms with Crippen molar-refractivity contribution in [3.05, 3.63) is 18.2 Å². The van der Waals surface area contributed by atoms with Gasteiger partial charge in [-0.05, 0) is 25.1 Å². The minimum Gasteiger partial charge on any atom is -0.342 e. The van der Waals surface area contributed by atoms with Gasteiger partial charge in [-0.2, -0.15) is 8.42 Å². The molecule has 0 aliphatic carbocycles. The molecular weight excluding hydrogens is 290 g/mol. The summed E-state index contributed by atoms with van der Waals surface area (Å²) >= 11 is 0. The third-order valence-corrected chi connectivity index (χ3v) is 5.80. The molecule has 0 unspecified atom stereocenters. The second kappa shape index (κ2) is 4.29. The zero-order chi connectivity index (χ0) is 14.4. The Labute approximate surface area is 112 Å². The summed E-state index contributed by atoms with van der Waals surface area (Å²) in [4.78, 5) is -0.225. The Morgan fingerprint density at radius 1 is 1.26 bits per heavy atom. The molecule has 0 atom stereocenters. The molecule has 104 valence electrons. The summed E-state index contributed by atoms with van der Waals surface area (Å²) in [6, 6.07) is 3.89. The van der Waals surface area contributed by atoms with Crippen molar-refractivity contribution >= 4 is 31.6 Å². The van der Waals surface area contributed by atoms with Crippen molar-refractivity contribution in [2.45, 2.75) is 16.7 Å². The number of rotatable bonds is 2. The largest absolute Gasteiger partial charge is 0.342 e. The summed E-state index contributed by atoms with van der Waals surface area (Å²) in [5.41, 5.74) is 0.324. The SMILES string of the molecule is CC1=NS(=O)(=O)c2cc(S(=O)(=O)N(C)C)ccc2N1. The molecule has 7 nitrogen and oxygen atoms in total. The summed E-state index contributed by atoms with van der Waals surface area (Å²) in [7, 11) is -4.78. The van der Waals surface area contributed by atoms with E-state index in [1.807, 2.05) is 0 Å². The first kappa shape index (κ1) is 14.0. The second-order valence-corrected chi connectivity index (χ2v) is 7.95. The van der Waals surface area contributed by atoms with Crippen LogP contribution in [0.1, 0.15) is 6.92 Å². The van der Waals surface area contributed by atoms with Gasteiger partial charge in [0, 0.05) is 14.1 Å². The van der Waals surface area contributed by atoms with Crippen LogP contribution in [-0.2, 0) is 20.0 Å². The van der Waals surface area contributed by atoms with E-state index >= 15 is 0 Å². The van der Waals surface area contributed by atoms with Crippen molar-refractivity contribution < 1.29 is 16.8 Å². The molecule has 9 heteroatoms. The molecule has 1 aliphatic rings. The number of benzene rings is 1. The van der Waals surface area contributed by atoms with Gasteiger partial charge < -0.3 is 5.32 Å². The van der Waals surface area contributed by atoms with Gasteiger partial charge in [-0.25, -0.2) is 12.7 Å². The van der Waals surface area contributed by atoms with Gasteiger partial charge in [0.1, 0.15) is 10.7 Å². The maximum Gasteiger partial charge on any atom is 0.286 e. The highest BCUT2D eigenvalue weighted by atomic mass is 32.2. The number of hydrogen-bond donors (Lipinski definition) is 1. The van der Waals surface area contributed by atoms with E-state index in [-0.39, 0.29) is 15.6 Å². The van der Waals surface area contributed by atoms with Crippen LogP contribution in [0.5, 0.6) is 0 Å². The van der Waals surface area contributed by atoms with Crippen LogP contribution in [0.4, 0.5) is 5.69 Å². The van der Waals surface area contributed by atoms with Crippen LogP contribution < -0.4 is 5.32 Å². The van der Waals surface area contributed by atoms with Gasteiger partial charge in [0.25, 0.3) is 10.0 Å². The van der Waals surface area contributed by atoms with E-state index < -0.39 is 20.0 Å². The number of sulfonamides is 2. The van der Waals surface area contributed by atoms with E-state index in [4.69, 9.17) is 0 Å². The zero-order valence-corrected chi connectivity index (χ0v) is 12.2. The molecular formula is C10H13N3O4S2. The molecule has 0 saturated carbocycles. The molecule has 0 fully saturated rings. The van der Waals surface area contributed by atoms with Gasteiger partial charge >= 0.3 is 0 Å². The first-order chi connectivity index (χ1) is 8.64. The summed E-state index contributed by atoms with van der Waals surface area (Å²) in [5, 5.41) is 2.79. The van der Waals surface area contributed by atoms with Crippen molar-refractivity contribution in [1.82, 2.24) is 4.31 Å². The Hall–Kier alpha value is -1.45. The van der Waals surface area contributed by atoms with Crippen LogP contribution in [0.3, 0.4) is 0 Å². The fourth-order valence-corrected chi connectivity index (χ4v) is 3.82. The quantitative estimate of drug-likeness (QED) is 0.856. The topological polar surface area (TPSA) is 95.9 Å². The highest BCUT2D eigenvalue weighted by Gasteiger charge is 2.27. The van der Waals surface area contributed by atoms with Gasteiger partial charge in [0.15, 0.2) is 0 Å². The third kappa shape index (κ3) is 2.36. The third-order valence-electron chi connectivity index (χ3n) is 2.58. The Morgan fingerprint density at radius 3 is 2.47 bits per heavy atom. The average molecular weight is 303 g/mol. The molecule has 0 saturated heterocycles. The Bertz CT molecular complexity index is 764. The normalized spacial score (nSPS) is 17.6. The maximum atomic E-state index is 12.0. The second-order valence-electron chi connectivity index (χ2n) is 4.22. The monoisotopic (exact) mass is 303 g/mol. The van der Waals surface area contributed by atoms with Gasteiger partial charge in [-0.3, -0.25) is 0 Å². The van der Waals surface area contributed by atoms with Gasteiger partial charge in [-0.15, -0.1) is 4.40 Å². The molecule has 0 radical (unpaired) electrons. The van der Waals surface area contributed by atoms with Crippen LogP contribution in [0.2, 0.25) is 0 Å². The minimum atomic E-state index is -3.86. The van der Waals surface area contributed by atoms with Crippen molar-refractivity contribution in [1.29, 1.82) is 0 Å². The first-order valence-electron chi connectivity index (χ1n) is 5.30. The van der Waals surface area contributed by atoms with Crippen molar-refractivity contribution in [2.24, 2.45) is 4.40 Å². The van der Waals surface area contributed by atoms with Crippen LogP contribution in [0.25, 0.3) is 0 Å². The molecule has 1 heterocycles. The molecule has 19 heavy (non-hydrogen) atoms. The molecule has 1 aromatic carbocycles. The Kier molecular flexibility index (Phi) is 3.15. The van der Waals surface area contributed by atoms with Gasteiger partial charge in [0.2, 0.25) is 10.0 Å². The highest BCUT2D eigenvalue weighted by molar-refractivity contribution is 7.91. The minimum absolute atomic E-state index is 0.0867. The average Bonchev–Trinajstić information content (AvgIpc) is 2.26. The zero-order valence-electron chi connectivity index (χ0n) is 10.6. The summed E-state index contributed by atoms with van der Waals surface area (Å²) in [6.45, 7) is 1.52. The lowest BCUT2D eigenvalue weighted by Crippen LogP contribution is -2.23. The number of nitrogens with zero attached hydrogens (tertiary/aromatic N) is 2. The fraction of sp³-hybridized carbons (Fsp3) is 0.300. The maximum absolute atomic E-state index is 12.0. The number of hydrogen-bond acceptors (Lipinski definition) is 5. The molecule has 0 bridgehead atoms. The van der Waals surface area contributed by atoms with Gasteiger partial charge in [-0.1, -0.05) is 0 Å². The molecule has 1 N–H and O–H groups in total. The molecule has 0 spiro atoms.